The average Bonchev–Trinajstić information content (AvgIpc) is 3.05. The predicted molar refractivity (Wildman–Crippen MR) is 102 cm³/mol. The Morgan fingerprint density at radius 3 is 2.36 bits per heavy atom. The average molecular weight is 356 g/mol. The topological polar surface area (TPSA) is 50.1 Å². The monoisotopic (exact) mass is 355 g/mol. The quantitative estimate of drug-likeness (QED) is 0.687. The molecule has 1 aliphatic heterocycles. The van der Waals surface area contributed by atoms with Crippen LogP contribution < -0.4 is 5.32 Å². The van der Waals surface area contributed by atoms with Gasteiger partial charge >= 0.3 is 0 Å². The number of piperidine rings is 1. The second-order valence-electron chi connectivity index (χ2n) is 6.32. The number of halogens is 1. The minimum absolute atomic E-state index is 0. The fourth-order valence-corrected chi connectivity index (χ4v) is 3.51. The molecule has 5 heteroatoms. The SMILES string of the molecule is Cl.On1cc(C2CCNCC2)c(-c2cccc(-c3ccccc3)c2)n1. The standard InChI is InChI=1S/C20H21N3O.ClH/c24-23-14-19(16-9-11-21-12-10-16)20(22-23)18-8-4-7-17(13-18)15-5-2-1-3-6-15;/h1-8,13-14,16,21,24H,9-12H2;1H. The van der Waals surface area contributed by atoms with Crippen LogP contribution in [0.4, 0.5) is 0 Å². The Labute approximate surface area is 153 Å². The van der Waals surface area contributed by atoms with Gasteiger partial charge in [0, 0.05) is 11.1 Å². The fraction of sp³-hybridized carbons (Fsp3) is 0.250. The minimum atomic E-state index is 0. The van der Waals surface area contributed by atoms with Crippen LogP contribution in [-0.4, -0.2) is 28.2 Å². The first-order chi connectivity index (χ1) is 11.8. The van der Waals surface area contributed by atoms with Crippen LogP contribution in [0.1, 0.15) is 24.3 Å². The van der Waals surface area contributed by atoms with Gasteiger partial charge in [-0.25, -0.2) is 0 Å². The van der Waals surface area contributed by atoms with Crippen LogP contribution in [0.3, 0.4) is 0 Å². The molecular weight excluding hydrogens is 334 g/mol. The van der Waals surface area contributed by atoms with Crippen molar-refractivity contribution in [2.75, 3.05) is 13.1 Å². The molecule has 0 saturated carbocycles. The zero-order valence-corrected chi connectivity index (χ0v) is 14.7. The number of nitrogens with one attached hydrogen (secondary N) is 1. The first kappa shape index (κ1) is 17.5. The second kappa shape index (κ2) is 7.72. The summed E-state index contributed by atoms with van der Waals surface area (Å²) in [6, 6.07) is 18.7. The van der Waals surface area contributed by atoms with Crippen LogP contribution in [0.2, 0.25) is 0 Å². The number of rotatable bonds is 3. The molecule has 2 N–H and O–H groups in total. The molecule has 2 aromatic carbocycles. The number of nitrogens with zero attached hydrogens (tertiary/aromatic N) is 2. The van der Waals surface area contributed by atoms with E-state index in [1.165, 1.54) is 5.56 Å². The van der Waals surface area contributed by atoms with Crippen LogP contribution in [0.15, 0.2) is 60.8 Å². The van der Waals surface area contributed by atoms with Crippen molar-refractivity contribution in [3.8, 4) is 22.4 Å². The van der Waals surface area contributed by atoms with Crippen LogP contribution >= 0.6 is 12.4 Å². The molecule has 3 aromatic rings. The van der Waals surface area contributed by atoms with Crippen molar-refractivity contribution in [1.29, 1.82) is 0 Å². The Bertz CT molecular complexity index is 826. The lowest BCUT2D eigenvalue weighted by Crippen LogP contribution is -2.26. The van der Waals surface area contributed by atoms with E-state index in [0.717, 1.165) is 53.2 Å². The molecule has 0 unspecified atom stereocenters. The maximum atomic E-state index is 9.90. The lowest BCUT2D eigenvalue weighted by Gasteiger charge is -2.22. The minimum Gasteiger partial charge on any atom is -0.412 e. The van der Waals surface area contributed by atoms with E-state index in [0.29, 0.717) is 5.92 Å². The summed E-state index contributed by atoms with van der Waals surface area (Å²) in [5.41, 5.74) is 5.44. The summed E-state index contributed by atoms with van der Waals surface area (Å²) in [6.45, 7) is 2.04. The molecule has 2 heterocycles. The molecule has 0 amide bonds. The molecule has 4 rings (SSSR count). The summed E-state index contributed by atoms with van der Waals surface area (Å²) in [6.07, 6.45) is 3.93. The number of hydrogen-bond donors (Lipinski definition) is 2. The summed E-state index contributed by atoms with van der Waals surface area (Å²) >= 11 is 0. The zero-order chi connectivity index (χ0) is 16.4. The zero-order valence-electron chi connectivity index (χ0n) is 13.9. The Morgan fingerprint density at radius 1 is 0.920 bits per heavy atom. The van der Waals surface area contributed by atoms with Crippen molar-refractivity contribution >= 4 is 12.4 Å². The largest absolute Gasteiger partial charge is 0.412 e. The van der Waals surface area contributed by atoms with E-state index in [9.17, 15) is 5.21 Å². The van der Waals surface area contributed by atoms with E-state index in [1.54, 1.807) is 6.20 Å². The van der Waals surface area contributed by atoms with Crippen molar-refractivity contribution in [2.24, 2.45) is 0 Å². The summed E-state index contributed by atoms with van der Waals surface area (Å²) in [5, 5.41) is 17.6. The third-order valence-corrected chi connectivity index (χ3v) is 4.75. The van der Waals surface area contributed by atoms with Gasteiger partial charge < -0.3 is 10.5 Å². The van der Waals surface area contributed by atoms with Crippen LogP contribution in [-0.2, 0) is 0 Å². The van der Waals surface area contributed by atoms with E-state index in [4.69, 9.17) is 0 Å². The molecule has 25 heavy (non-hydrogen) atoms. The Morgan fingerprint density at radius 2 is 1.60 bits per heavy atom. The van der Waals surface area contributed by atoms with Gasteiger partial charge in [-0.3, -0.25) is 0 Å². The predicted octanol–water partition coefficient (Wildman–Crippen LogP) is 4.34. The molecule has 130 valence electrons. The fourth-order valence-electron chi connectivity index (χ4n) is 3.51. The maximum Gasteiger partial charge on any atom is 0.0993 e. The van der Waals surface area contributed by atoms with Gasteiger partial charge in [-0.05, 0) is 49.0 Å². The van der Waals surface area contributed by atoms with E-state index in [1.807, 2.05) is 18.2 Å². The van der Waals surface area contributed by atoms with Gasteiger partial charge in [0.1, 0.15) is 0 Å². The maximum absolute atomic E-state index is 9.90. The molecular formula is C20H22ClN3O. The highest BCUT2D eigenvalue weighted by Crippen LogP contribution is 2.34. The van der Waals surface area contributed by atoms with Gasteiger partial charge in [-0.1, -0.05) is 48.5 Å². The van der Waals surface area contributed by atoms with Crippen LogP contribution in [0.25, 0.3) is 22.4 Å². The number of aromatic nitrogens is 2. The molecule has 1 saturated heterocycles. The lowest BCUT2D eigenvalue weighted by molar-refractivity contribution is 0.149. The van der Waals surface area contributed by atoms with Crippen LogP contribution in [0, 0.1) is 0 Å². The molecule has 0 bridgehead atoms. The molecule has 1 aliphatic rings. The van der Waals surface area contributed by atoms with E-state index in [2.05, 4.69) is 46.8 Å². The highest BCUT2D eigenvalue weighted by molar-refractivity contribution is 5.85. The molecule has 0 radical (unpaired) electrons. The van der Waals surface area contributed by atoms with E-state index >= 15 is 0 Å². The smallest absolute Gasteiger partial charge is 0.0993 e. The number of benzene rings is 2. The molecule has 0 atom stereocenters. The first-order valence-corrected chi connectivity index (χ1v) is 8.46. The van der Waals surface area contributed by atoms with Crippen molar-refractivity contribution in [3.63, 3.8) is 0 Å². The highest BCUT2D eigenvalue weighted by Gasteiger charge is 2.22. The highest BCUT2D eigenvalue weighted by atomic mass is 35.5. The Kier molecular flexibility index (Phi) is 5.41. The molecule has 1 fully saturated rings. The summed E-state index contributed by atoms with van der Waals surface area (Å²) in [5.74, 6) is 0.447. The van der Waals surface area contributed by atoms with Gasteiger partial charge in [-0.2, -0.15) is 0 Å². The molecule has 4 nitrogen and oxygen atoms in total. The third kappa shape index (κ3) is 3.70. The van der Waals surface area contributed by atoms with Gasteiger partial charge in [-0.15, -0.1) is 22.4 Å². The van der Waals surface area contributed by atoms with Crippen molar-refractivity contribution in [3.05, 3.63) is 66.4 Å². The van der Waals surface area contributed by atoms with E-state index in [-0.39, 0.29) is 12.4 Å². The second-order valence-corrected chi connectivity index (χ2v) is 6.32. The summed E-state index contributed by atoms with van der Waals surface area (Å²) < 4.78 is 0. The van der Waals surface area contributed by atoms with Gasteiger partial charge in [0.2, 0.25) is 0 Å². The number of hydrogen-bond acceptors (Lipinski definition) is 3. The van der Waals surface area contributed by atoms with Gasteiger partial charge in [0.25, 0.3) is 0 Å². The van der Waals surface area contributed by atoms with Crippen molar-refractivity contribution in [1.82, 2.24) is 15.3 Å². The summed E-state index contributed by atoms with van der Waals surface area (Å²) in [4.78, 5) is 0.960. The van der Waals surface area contributed by atoms with Gasteiger partial charge in [0.05, 0.1) is 11.9 Å². The molecule has 0 spiro atoms. The molecule has 1 aromatic heterocycles. The lowest BCUT2D eigenvalue weighted by atomic mass is 9.88. The van der Waals surface area contributed by atoms with Crippen molar-refractivity contribution in [2.45, 2.75) is 18.8 Å². The Hall–Kier alpha value is -2.30. The van der Waals surface area contributed by atoms with Crippen LogP contribution in [0.5, 0.6) is 0 Å². The third-order valence-electron chi connectivity index (χ3n) is 4.75. The molecule has 0 aliphatic carbocycles. The van der Waals surface area contributed by atoms with Crippen molar-refractivity contribution < 1.29 is 5.21 Å². The normalized spacial score (nSPS) is 14.9. The van der Waals surface area contributed by atoms with E-state index < -0.39 is 0 Å². The summed E-state index contributed by atoms with van der Waals surface area (Å²) in [7, 11) is 0. The first-order valence-electron chi connectivity index (χ1n) is 8.46. The Balaban J connectivity index is 0.00000182. The van der Waals surface area contributed by atoms with Gasteiger partial charge in [0.15, 0.2) is 0 Å².